The molecule has 1 aromatic rings. The number of Topliss-reactive ketones (excluding diaryl/α,β-unsaturated/α-hetero) is 1. The molecular weight excluding hydrogens is 242 g/mol. The Balaban J connectivity index is 0.00000256. The van der Waals surface area contributed by atoms with Gasteiger partial charge < -0.3 is 10.5 Å². The number of esters is 1. The van der Waals surface area contributed by atoms with Crippen molar-refractivity contribution >= 4 is 24.2 Å². The van der Waals surface area contributed by atoms with Crippen molar-refractivity contribution < 1.29 is 14.3 Å². The Hall–Kier alpha value is -1.39. The van der Waals surface area contributed by atoms with E-state index >= 15 is 0 Å². The summed E-state index contributed by atoms with van der Waals surface area (Å²) < 4.78 is 4.41. The third kappa shape index (κ3) is 5.47. The molecule has 0 fully saturated rings. The van der Waals surface area contributed by atoms with Crippen molar-refractivity contribution in [3.8, 4) is 0 Å². The van der Waals surface area contributed by atoms with Gasteiger partial charge in [-0.2, -0.15) is 0 Å². The first-order valence-corrected chi connectivity index (χ1v) is 5.02. The van der Waals surface area contributed by atoms with Crippen LogP contribution < -0.4 is 5.73 Å². The van der Waals surface area contributed by atoms with E-state index in [1.807, 2.05) is 30.3 Å². The zero-order valence-corrected chi connectivity index (χ0v) is 10.4. The minimum atomic E-state index is -0.651. The number of rotatable bonds is 5. The van der Waals surface area contributed by atoms with Gasteiger partial charge in [-0.1, -0.05) is 30.3 Å². The van der Waals surface area contributed by atoms with E-state index in [2.05, 4.69) is 4.74 Å². The fourth-order valence-corrected chi connectivity index (χ4v) is 1.33. The van der Waals surface area contributed by atoms with Crippen LogP contribution in [0.4, 0.5) is 0 Å². The van der Waals surface area contributed by atoms with Crippen LogP contribution in [0.2, 0.25) is 0 Å². The standard InChI is InChI=1S/C12H15NO3.ClH/c1-16-12(15)8-11(14)10(13)7-9-5-3-2-4-6-9;/h2-6,10H,7-8,13H2,1H3;1H/t10-;/m1./s1. The molecule has 0 amide bonds. The monoisotopic (exact) mass is 257 g/mol. The van der Waals surface area contributed by atoms with Crippen LogP contribution in [0.3, 0.4) is 0 Å². The van der Waals surface area contributed by atoms with E-state index in [0.29, 0.717) is 6.42 Å². The number of halogens is 1. The highest BCUT2D eigenvalue weighted by atomic mass is 35.5. The lowest BCUT2D eigenvalue weighted by Crippen LogP contribution is -2.34. The number of carbonyl (C=O) groups excluding carboxylic acids is 2. The summed E-state index contributed by atoms with van der Waals surface area (Å²) in [6.45, 7) is 0. The lowest BCUT2D eigenvalue weighted by atomic mass is 10.0. The van der Waals surface area contributed by atoms with E-state index in [1.165, 1.54) is 7.11 Å². The summed E-state index contributed by atoms with van der Waals surface area (Å²) in [5.41, 5.74) is 6.67. The molecule has 0 aliphatic rings. The molecule has 0 spiro atoms. The van der Waals surface area contributed by atoms with Crippen LogP contribution in [0.15, 0.2) is 30.3 Å². The van der Waals surface area contributed by atoms with Gasteiger partial charge in [-0.15, -0.1) is 12.4 Å². The number of hydrogen-bond donors (Lipinski definition) is 1. The molecule has 1 aromatic carbocycles. The van der Waals surface area contributed by atoms with Crippen molar-refractivity contribution in [3.05, 3.63) is 35.9 Å². The van der Waals surface area contributed by atoms with Gasteiger partial charge in [0.05, 0.1) is 13.2 Å². The normalized spacial score (nSPS) is 11.2. The maximum atomic E-state index is 11.5. The van der Waals surface area contributed by atoms with E-state index in [0.717, 1.165) is 5.56 Å². The van der Waals surface area contributed by atoms with Gasteiger partial charge in [-0.25, -0.2) is 0 Å². The molecule has 5 heteroatoms. The first-order chi connectivity index (χ1) is 7.63. The second-order valence-electron chi connectivity index (χ2n) is 3.52. The van der Waals surface area contributed by atoms with Crippen LogP contribution in [0, 0.1) is 0 Å². The van der Waals surface area contributed by atoms with E-state index in [4.69, 9.17) is 5.73 Å². The summed E-state index contributed by atoms with van der Waals surface area (Å²) in [6, 6.07) is 8.79. The van der Waals surface area contributed by atoms with Gasteiger partial charge in [-0.3, -0.25) is 9.59 Å². The Kier molecular flexibility index (Phi) is 7.18. The van der Waals surface area contributed by atoms with Crippen LogP contribution in [0.1, 0.15) is 12.0 Å². The van der Waals surface area contributed by atoms with Crippen LogP contribution in [0.5, 0.6) is 0 Å². The first kappa shape index (κ1) is 15.6. The third-order valence-corrected chi connectivity index (χ3v) is 2.26. The highest BCUT2D eigenvalue weighted by Gasteiger charge is 2.17. The summed E-state index contributed by atoms with van der Waals surface area (Å²) in [7, 11) is 1.25. The minimum absolute atomic E-state index is 0. The maximum Gasteiger partial charge on any atom is 0.313 e. The van der Waals surface area contributed by atoms with Gasteiger partial charge in [-0.05, 0) is 12.0 Å². The molecule has 0 saturated heterocycles. The van der Waals surface area contributed by atoms with E-state index in [-0.39, 0.29) is 24.6 Å². The number of methoxy groups -OCH3 is 1. The number of ether oxygens (including phenoxy) is 1. The second kappa shape index (κ2) is 7.81. The van der Waals surface area contributed by atoms with E-state index in [9.17, 15) is 9.59 Å². The molecule has 2 N–H and O–H groups in total. The zero-order valence-electron chi connectivity index (χ0n) is 9.59. The summed E-state index contributed by atoms with van der Waals surface area (Å²) >= 11 is 0. The summed E-state index contributed by atoms with van der Waals surface area (Å²) in [6.07, 6.45) is 0.182. The predicted octanol–water partition coefficient (Wildman–Crippen LogP) is 1.11. The molecular formula is C12H16ClNO3. The molecule has 0 radical (unpaired) electrons. The molecule has 0 aliphatic heterocycles. The molecule has 0 bridgehead atoms. The zero-order chi connectivity index (χ0) is 12.0. The average Bonchev–Trinajstić information content (AvgIpc) is 2.30. The lowest BCUT2D eigenvalue weighted by Gasteiger charge is -2.09. The Morgan fingerprint density at radius 1 is 1.29 bits per heavy atom. The molecule has 94 valence electrons. The Bertz CT molecular complexity index is 367. The Morgan fingerprint density at radius 3 is 2.41 bits per heavy atom. The third-order valence-electron chi connectivity index (χ3n) is 2.26. The first-order valence-electron chi connectivity index (χ1n) is 5.02. The number of hydrogen-bond acceptors (Lipinski definition) is 4. The van der Waals surface area contributed by atoms with Gasteiger partial charge in [0.2, 0.25) is 0 Å². The van der Waals surface area contributed by atoms with Crippen LogP contribution in [-0.2, 0) is 20.7 Å². The predicted molar refractivity (Wildman–Crippen MR) is 67.0 cm³/mol. The summed E-state index contributed by atoms with van der Waals surface area (Å²) in [4.78, 5) is 22.4. The number of carbonyl (C=O) groups is 2. The molecule has 0 heterocycles. The molecule has 0 saturated carbocycles. The van der Waals surface area contributed by atoms with Crippen molar-refractivity contribution in [1.82, 2.24) is 0 Å². The topological polar surface area (TPSA) is 69.4 Å². The number of benzene rings is 1. The second-order valence-corrected chi connectivity index (χ2v) is 3.52. The highest BCUT2D eigenvalue weighted by Crippen LogP contribution is 2.04. The van der Waals surface area contributed by atoms with Crippen molar-refractivity contribution in [1.29, 1.82) is 0 Å². The average molecular weight is 258 g/mol. The van der Waals surface area contributed by atoms with Gasteiger partial charge in [0.15, 0.2) is 5.78 Å². The van der Waals surface area contributed by atoms with Crippen LogP contribution in [0.25, 0.3) is 0 Å². The SMILES string of the molecule is COC(=O)CC(=O)[C@H](N)Cc1ccccc1.Cl. The van der Waals surface area contributed by atoms with Crippen molar-refractivity contribution in [3.63, 3.8) is 0 Å². The van der Waals surface area contributed by atoms with Crippen molar-refractivity contribution in [2.75, 3.05) is 7.11 Å². The molecule has 4 nitrogen and oxygen atoms in total. The number of ketones is 1. The van der Waals surface area contributed by atoms with Gasteiger partial charge >= 0.3 is 5.97 Å². The van der Waals surface area contributed by atoms with Crippen molar-refractivity contribution in [2.24, 2.45) is 5.73 Å². The molecule has 1 atom stereocenters. The van der Waals surface area contributed by atoms with E-state index in [1.54, 1.807) is 0 Å². The number of nitrogens with two attached hydrogens (primary N) is 1. The van der Waals surface area contributed by atoms with Crippen LogP contribution >= 0.6 is 12.4 Å². The van der Waals surface area contributed by atoms with Gasteiger partial charge in [0, 0.05) is 0 Å². The van der Waals surface area contributed by atoms with Gasteiger partial charge in [0.1, 0.15) is 6.42 Å². The Labute approximate surface area is 107 Å². The van der Waals surface area contributed by atoms with Gasteiger partial charge in [0.25, 0.3) is 0 Å². The lowest BCUT2D eigenvalue weighted by molar-refractivity contribution is -0.143. The fourth-order valence-electron chi connectivity index (χ4n) is 1.33. The molecule has 0 aliphatic carbocycles. The highest BCUT2D eigenvalue weighted by molar-refractivity contribution is 5.98. The Morgan fingerprint density at radius 2 is 1.88 bits per heavy atom. The van der Waals surface area contributed by atoms with Crippen LogP contribution in [-0.4, -0.2) is 24.9 Å². The molecule has 0 aromatic heterocycles. The molecule has 17 heavy (non-hydrogen) atoms. The summed E-state index contributed by atoms with van der Waals surface area (Å²) in [5.74, 6) is -0.843. The fraction of sp³-hybridized carbons (Fsp3) is 0.333. The minimum Gasteiger partial charge on any atom is -0.469 e. The smallest absolute Gasteiger partial charge is 0.313 e. The quantitative estimate of drug-likeness (QED) is 0.634. The molecule has 0 unspecified atom stereocenters. The van der Waals surface area contributed by atoms with Crippen molar-refractivity contribution in [2.45, 2.75) is 18.9 Å². The maximum absolute atomic E-state index is 11.5. The van der Waals surface area contributed by atoms with E-state index < -0.39 is 12.0 Å². The summed E-state index contributed by atoms with van der Waals surface area (Å²) in [5, 5.41) is 0. The largest absolute Gasteiger partial charge is 0.469 e. The molecule has 1 rings (SSSR count).